The van der Waals surface area contributed by atoms with Crippen LogP contribution >= 0.6 is 0 Å². The van der Waals surface area contributed by atoms with E-state index >= 15 is 0 Å². The van der Waals surface area contributed by atoms with Gasteiger partial charge < -0.3 is 8.98 Å². The average molecular weight is 570 g/mol. The molecule has 0 amide bonds. The van der Waals surface area contributed by atoms with Crippen LogP contribution in [-0.2, 0) is 0 Å². The second kappa shape index (κ2) is 9.75. The van der Waals surface area contributed by atoms with Gasteiger partial charge in [-0.15, -0.1) is 0 Å². The molecule has 9 rings (SSSR count). The van der Waals surface area contributed by atoms with Crippen molar-refractivity contribution >= 4 is 43.7 Å². The average Bonchev–Trinajstić information content (AvgIpc) is 3.69. The normalized spacial score (nSPS) is 13.2. The Hall–Kier alpha value is -6.07. The predicted molar refractivity (Wildman–Crippen MR) is 178 cm³/mol. The lowest BCUT2D eigenvalue weighted by molar-refractivity contribution is 0.666. The first kappa shape index (κ1) is 19.9. The standard InChI is InChI=1S/C39H24N4O/c1-3-12-25(13-4-1)37-40-38(26-14-5-2-6-15-26)42-39(41-37)27-22-23-35-31(24-27)30-18-11-21-34(36(30)44-35)43-32-19-9-7-16-28(32)29-17-8-10-20-33(29)43/h1-24H/i1D,3D,4D,12D,13D. The molecule has 5 nitrogen and oxygen atoms in total. The summed E-state index contributed by atoms with van der Waals surface area (Å²) < 4.78 is 50.5. The zero-order valence-electron chi connectivity index (χ0n) is 28.2. The molecule has 0 bridgehead atoms. The molecular weight excluding hydrogens is 540 g/mol. The topological polar surface area (TPSA) is 56.7 Å². The van der Waals surface area contributed by atoms with Crippen molar-refractivity contribution < 1.29 is 11.3 Å². The lowest BCUT2D eigenvalue weighted by atomic mass is 10.1. The molecule has 0 spiro atoms. The van der Waals surface area contributed by atoms with Gasteiger partial charge in [0.05, 0.1) is 23.6 Å². The minimum atomic E-state index is -0.478. The quantitative estimate of drug-likeness (QED) is 0.212. The maximum absolute atomic E-state index is 8.59. The van der Waals surface area contributed by atoms with E-state index in [2.05, 4.69) is 52.0 Å². The zero-order valence-corrected chi connectivity index (χ0v) is 23.2. The molecule has 9 aromatic rings. The first-order valence-corrected chi connectivity index (χ1v) is 14.2. The lowest BCUT2D eigenvalue weighted by Crippen LogP contribution is -2.00. The van der Waals surface area contributed by atoms with Gasteiger partial charge in [-0.25, -0.2) is 15.0 Å². The Balaban J connectivity index is 1.27. The van der Waals surface area contributed by atoms with E-state index in [-0.39, 0.29) is 23.5 Å². The van der Waals surface area contributed by atoms with Crippen LogP contribution in [0.1, 0.15) is 6.85 Å². The molecule has 0 saturated carbocycles. The number of fused-ring (bicyclic) bond motifs is 6. The van der Waals surface area contributed by atoms with Gasteiger partial charge in [0.1, 0.15) is 5.58 Å². The highest BCUT2D eigenvalue weighted by molar-refractivity contribution is 6.13. The van der Waals surface area contributed by atoms with Crippen molar-refractivity contribution in [3.8, 4) is 39.9 Å². The number of aromatic nitrogens is 4. The van der Waals surface area contributed by atoms with Crippen LogP contribution in [0.3, 0.4) is 0 Å². The summed E-state index contributed by atoms with van der Waals surface area (Å²) >= 11 is 0. The smallest absolute Gasteiger partial charge is 0.164 e. The molecule has 3 aromatic heterocycles. The van der Waals surface area contributed by atoms with E-state index in [1.807, 2.05) is 72.8 Å². The Kier molecular flexibility index (Phi) is 4.42. The third kappa shape index (κ3) is 3.83. The van der Waals surface area contributed by atoms with Gasteiger partial charge in [-0.3, -0.25) is 0 Å². The summed E-state index contributed by atoms with van der Waals surface area (Å²) in [7, 11) is 0. The fourth-order valence-electron chi connectivity index (χ4n) is 5.98. The van der Waals surface area contributed by atoms with E-state index in [0.29, 0.717) is 28.4 Å². The molecule has 5 heteroatoms. The van der Waals surface area contributed by atoms with Gasteiger partial charge >= 0.3 is 0 Å². The van der Waals surface area contributed by atoms with Crippen LogP contribution in [-0.4, -0.2) is 19.5 Å². The van der Waals surface area contributed by atoms with Crippen LogP contribution in [0, 0.1) is 0 Å². The number of para-hydroxylation sites is 3. The Morgan fingerprint density at radius 2 is 1.11 bits per heavy atom. The first-order valence-electron chi connectivity index (χ1n) is 16.7. The van der Waals surface area contributed by atoms with Gasteiger partial charge in [-0.1, -0.05) is 109 Å². The minimum absolute atomic E-state index is 0.00773. The minimum Gasteiger partial charge on any atom is -0.454 e. The highest BCUT2D eigenvalue weighted by Crippen LogP contribution is 2.39. The van der Waals surface area contributed by atoms with Crippen LogP contribution in [0.25, 0.3) is 83.6 Å². The number of benzene rings is 6. The molecule has 3 heterocycles. The summed E-state index contributed by atoms with van der Waals surface area (Å²) in [4.78, 5) is 14.1. The third-order valence-corrected chi connectivity index (χ3v) is 7.95. The van der Waals surface area contributed by atoms with Crippen molar-refractivity contribution in [1.82, 2.24) is 19.5 Å². The Bertz CT molecular complexity index is 2710. The van der Waals surface area contributed by atoms with Crippen molar-refractivity contribution in [2.45, 2.75) is 0 Å². The number of hydrogen-bond donors (Lipinski definition) is 0. The SMILES string of the molecule is [2H]c1c([2H])c([2H])c(-c2nc(-c3ccccc3)nc(-c3ccc4oc5c(-n6c7ccccc7c7ccccc76)cccc5c4c3)n2)c([2H])c1[2H]. The van der Waals surface area contributed by atoms with E-state index < -0.39 is 18.1 Å². The predicted octanol–water partition coefficient (Wildman–Crippen LogP) is 9.87. The molecular formula is C39H24N4O. The Morgan fingerprint density at radius 1 is 0.500 bits per heavy atom. The second-order valence-electron chi connectivity index (χ2n) is 10.5. The second-order valence-corrected chi connectivity index (χ2v) is 10.5. The van der Waals surface area contributed by atoms with Crippen molar-refractivity contribution in [3.05, 3.63) is 145 Å². The third-order valence-electron chi connectivity index (χ3n) is 7.95. The van der Waals surface area contributed by atoms with Crippen LogP contribution in [0.5, 0.6) is 0 Å². The summed E-state index contributed by atoms with van der Waals surface area (Å²) in [5.74, 6) is 0.607. The fraction of sp³-hybridized carbons (Fsp3) is 0. The molecule has 6 aromatic carbocycles. The number of hydrogen-bond acceptors (Lipinski definition) is 4. The molecule has 0 unspecified atom stereocenters. The van der Waals surface area contributed by atoms with E-state index in [1.54, 1.807) is 0 Å². The summed E-state index contributed by atoms with van der Waals surface area (Å²) in [6, 6.07) is 35.7. The van der Waals surface area contributed by atoms with Gasteiger partial charge in [0.2, 0.25) is 0 Å². The molecule has 44 heavy (non-hydrogen) atoms. The molecule has 0 saturated heterocycles. The van der Waals surface area contributed by atoms with Crippen LogP contribution in [0.4, 0.5) is 0 Å². The molecule has 0 aliphatic rings. The molecule has 0 atom stereocenters. The summed E-state index contributed by atoms with van der Waals surface area (Å²) in [6.07, 6.45) is 0. The monoisotopic (exact) mass is 569 g/mol. The van der Waals surface area contributed by atoms with Gasteiger partial charge in [-0.05, 0) is 36.4 Å². The first-order chi connectivity index (χ1) is 23.9. The number of rotatable bonds is 4. The largest absolute Gasteiger partial charge is 0.454 e. The van der Waals surface area contributed by atoms with Gasteiger partial charge in [0, 0.05) is 38.2 Å². The summed E-state index contributed by atoms with van der Waals surface area (Å²) in [5, 5.41) is 4.10. The van der Waals surface area contributed by atoms with Crippen LogP contribution in [0.2, 0.25) is 0 Å². The highest BCUT2D eigenvalue weighted by atomic mass is 16.3. The summed E-state index contributed by atoms with van der Waals surface area (Å²) in [6.45, 7) is 0. The van der Waals surface area contributed by atoms with Gasteiger partial charge in [-0.2, -0.15) is 0 Å². The zero-order chi connectivity index (χ0) is 33.4. The van der Waals surface area contributed by atoms with E-state index in [0.717, 1.165) is 43.8 Å². The van der Waals surface area contributed by atoms with Crippen molar-refractivity contribution in [3.63, 3.8) is 0 Å². The molecule has 0 fully saturated rings. The fourth-order valence-corrected chi connectivity index (χ4v) is 5.98. The highest BCUT2D eigenvalue weighted by Gasteiger charge is 2.19. The van der Waals surface area contributed by atoms with Gasteiger partial charge in [0.25, 0.3) is 0 Å². The Morgan fingerprint density at radius 3 is 1.84 bits per heavy atom. The number of furan rings is 1. The van der Waals surface area contributed by atoms with Crippen LogP contribution < -0.4 is 0 Å². The van der Waals surface area contributed by atoms with E-state index in [4.69, 9.17) is 21.2 Å². The van der Waals surface area contributed by atoms with Crippen LogP contribution in [0.15, 0.2) is 150 Å². The van der Waals surface area contributed by atoms with Gasteiger partial charge in [0.15, 0.2) is 23.1 Å². The molecule has 0 aliphatic carbocycles. The molecule has 0 radical (unpaired) electrons. The maximum atomic E-state index is 8.59. The molecule has 206 valence electrons. The lowest BCUT2D eigenvalue weighted by Gasteiger charge is -2.08. The number of nitrogens with zero attached hydrogens (tertiary/aromatic N) is 4. The van der Waals surface area contributed by atoms with E-state index in [1.165, 1.54) is 0 Å². The molecule has 0 N–H and O–H groups in total. The van der Waals surface area contributed by atoms with Crippen molar-refractivity contribution in [1.29, 1.82) is 0 Å². The van der Waals surface area contributed by atoms with Crippen molar-refractivity contribution in [2.24, 2.45) is 0 Å². The Labute approximate surface area is 259 Å². The molecule has 0 aliphatic heterocycles. The van der Waals surface area contributed by atoms with Crippen molar-refractivity contribution in [2.75, 3.05) is 0 Å². The maximum Gasteiger partial charge on any atom is 0.164 e. The summed E-state index contributed by atoms with van der Waals surface area (Å²) in [5.41, 5.74) is 5.78. The van der Waals surface area contributed by atoms with E-state index in [9.17, 15) is 0 Å².